The molecule has 1 atom stereocenters. The maximum absolute atomic E-state index is 11.4. The van der Waals surface area contributed by atoms with E-state index >= 15 is 0 Å². The average molecular weight is 246 g/mol. The van der Waals surface area contributed by atoms with Gasteiger partial charge in [0.15, 0.2) is 0 Å². The fourth-order valence-corrected chi connectivity index (χ4v) is 1.59. The average Bonchev–Trinajstić information content (AvgIpc) is 2.19. The van der Waals surface area contributed by atoms with Gasteiger partial charge in [0.05, 0.1) is 6.10 Å². The molecule has 0 saturated heterocycles. The van der Waals surface area contributed by atoms with Crippen LogP contribution in [-0.2, 0) is 14.1 Å². The zero-order valence-electron chi connectivity index (χ0n) is 9.41. The molecule has 0 spiro atoms. The minimum absolute atomic E-state index is 0.254. The molecule has 1 aromatic rings. The van der Waals surface area contributed by atoms with Crippen LogP contribution in [0.25, 0.3) is 0 Å². The van der Waals surface area contributed by atoms with Gasteiger partial charge in [0.1, 0.15) is 5.75 Å². The summed E-state index contributed by atoms with van der Waals surface area (Å²) in [4.78, 5) is 13.8. The summed E-state index contributed by atoms with van der Waals surface area (Å²) >= 11 is 0. The Labute approximate surface area is 94.5 Å². The zero-order chi connectivity index (χ0) is 12.2. The van der Waals surface area contributed by atoms with Crippen molar-refractivity contribution in [3.63, 3.8) is 0 Å². The third-order valence-corrected chi connectivity index (χ3v) is 2.29. The number of phosphoric ester groups is 1. The van der Waals surface area contributed by atoms with Crippen LogP contribution >= 0.6 is 7.82 Å². The molecule has 1 N–H and O–H groups in total. The van der Waals surface area contributed by atoms with Crippen LogP contribution in [0.15, 0.2) is 24.3 Å². The van der Waals surface area contributed by atoms with Crippen LogP contribution in [0.5, 0.6) is 5.75 Å². The highest BCUT2D eigenvalue weighted by Gasteiger charge is 2.25. The molecule has 0 radical (unpaired) electrons. The molecular formula is C10H15O5P. The van der Waals surface area contributed by atoms with Gasteiger partial charge in [-0.15, -0.1) is 4.67 Å². The second kappa shape index (κ2) is 5.46. The zero-order valence-corrected chi connectivity index (χ0v) is 10.3. The van der Waals surface area contributed by atoms with E-state index in [1.54, 1.807) is 38.1 Å². The molecule has 0 bridgehead atoms. The highest BCUT2D eigenvalue weighted by atomic mass is 31.2. The van der Waals surface area contributed by atoms with Crippen LogP contribution in [0.1, 0.15) is 19.4 Å². The summed E-state index contributed by atoms with van der Waals surface area (Å²) in [5.41, 5.74) is 1.03. The van der Waals surface area contributed by atoms with E-state index in [0.717, 1.165) is 5.56 Å². The lowest BCUT2D eigenvalue weighted by atomic mass is 10.2. The first-order valence-corrected chi connectivity index (χ1v) is 6.33. The van der Waals surface area contributed by atoms with E-state index in [4.69, 9.17) is 4.52 Å². The summed E-state index contributed by atoms with van der Waals surface area (Å²) in [6.07, 6.45) is -0.318. The molecule has 0 aromatic heterocycles. The molecule has 16 heavy (non-hydrogen) atoms. The van der Waals surface area contributed by atoms with Crippen LogP contribution in [-0.4, -0.2) is 11.0 Å². The lowest BCUT2D eigenvalue weighted by Gasteiger charge is -2.13. The third kappa shape index (κ3) is 4.77. The van der Waals surface area contributed by atoms with E-state index < -0.39 is 7.82 Å². The van der Waals surface area contributed by atoms with Gasteiger partial charge in [-0.1, -0.05) is 17.7 Å². The summed E-state index contributed by atoms with van der Waals surface area (Å²) in [6, 6.07) is 6.69. The Bertz CT molecular complexity index is 373. The fraction of sp³-hybridized carbons (Fsp3) is 0.400. The number of benzene rings is 1. The van der Waals surface area contributed by atoms with E-state index in [0.29, 0.717) is 0 Å². The molecule has 0 heterocycles. The molecule has 0 saturated carbocycles. The summed E-state index contributed by atoms with van der Waals surface area (Å²) in [5.74, 6) is 0.254. The van der Waals surface area contributed by atoms with Gasteiger partial charge in [-0.2, -0.15) is 0 Å². The van der Waals surface area contributed by atoms with Crippen molar-refractivity contribution in [3.8, 4) is 5.75 Å². The van der Waals surface area contributed by atoms with E-state index in [9.17, 15) is 9.46 Å². The van der Waals surface area contributed by atoms with Crippen LogP contribution < -0.4 is 4.52 Å². The number of rotatable bonds is 5. The molecule has 1 rings (SSSR count). The Morgan fingerprint density at radius 2 is 1.81 bits per heavy atom. The summed E-state index contributed by atoms with van der Waals surface area (Å²) in [6.45, 7) is 5.25. The molecule has 1 aromatic carbocycles. The largest absolute Gasteiger partial charge is 0.555 e. The third-order valence-electron chi connectivity index (χ3n) is 1.57. The van der Waals surface area contributed by atoms with Crippen LogP contribution in [0, 0.1) is 6.92 Å². The van der Waals surface area contributed by atoms with Gasteiger partial charge < -0.3 is 4.52 Å². The van der Waals surface area contributed by atoms with Crippen LogP contribution in [0.2, 0.25) is 0 Å². The monoisotopic (exact) mass is 246 g/mol. The first-order valence-electron chi connectivity index (χ1n) is 4.83. The van der Waals surface area contributed by atoms with Crippen molar-refractivity contribution < 1.29 is 23.5 Å². The second-order valence-electron chi connectivity index (χ2n) is 3.59. The standard InChI is InChI=1S/C10H15O5P/c1-8(2)13-15-16(11,12)14-10-6-4-9(3)5-7-10/h4-8H,1-3H3,(H,11,12). The predicted molar refractivity (Wildman–Crippen MR) is 58.9 cm³/mol. The van der Waals surface area contributed by atoms with Crippen molar-refractivity contribution in [1.82, 2.24) is 0 Å². The number of phosphoric acid groups is 1. The second-order valence-corrected chi connectivity index (χ2v) is 4.86. The van der Waals surface area contributed by atoms with E-state index in [1.165, 1.54) is 0 Å². The smallest absolute Gasteiger partial charge is 0.403 e. The van der Waals surface area contributed by atoms with Gasteiger partial charge in [-0.05, 0) is 32.9 Å². The number of hydrogen-bond donors (Lipinski definition) is 1. The lowest BCUT2D eigenvalue weighted by Crippen LogP contribution is -2.05. The highest BCUT2D eigenvalue weighted by Crippen LogP contribution is 2.44. The molecule has 6 heteroatoms. The van der Waals surface area contributed by atoms with Crippen molar-refractivity contribution in [2.45, 2.75) is 26.9 Å². The summed E-state index contributed by atoms with van der Waals surface area (Å²) < 4.78 is 20.4. The molecule has 0 aliphatic rings. The SMILES string of the molecule is Cc1ccc(OP(=O)(O)OOC(C)C)cc1. The maximum atomic E-state index is 11.4. The minimum atomic E-state index is -4.21. The topological polar surface area (TPSA) is 65.0 Å². The molecule has 0 amide bonds. The van der Waals surface area contributed by atoms with Crippen molar-refractivity contribution in [2.24, 2.45) is 0 Å². The van der Waals surface area contributed by atoms with Crippen LogP contribution in [0.3, 0.4) is 0 Å². The van der Waals surface area contributed by atoms with E-state index in [-0.39, 0.29) is 11.9 Å². The molecule has 0 fully saturated rings. The van der Waals surface area contributed by atoms with Crippen LogP contribution in [0.4, 0.5) is 0 Å². The normalized spacial score (nSPS) is 14.8. The van der Waals surface area contributed by atoms with Crippen molar-refractivity contribution >= 4 is 7.82 Å². The first-order chi connectivity index (χ1) is 7.39. The lowest BCUT2D eigenvalue weighted by molar-refractivity contribution is -0.247. The van der Waals surface area contributed by atoms with E-state index in [2.05, 4.69) is 9.56 Å². The Kier molecular flexibility index (Phi) is 4.50. The van der Waals surface area contributed by atoms with Crippen molar-refractivity contribution in [3.05, 3.63) is 29.8 Å². The molecule has 90 valence electrons. The molecule has 1 unspecified atom stereocenters. The Hall–Kier alpha value is -0.870. The van der Waals surface area contributed by atoms with Gasteiger partial charge in [0.25, 0.3) is 0 Å². The highest BCUT2D eigenvalue weighted by molar-refractivity contribution is 7.47. The van der Waals surface area contributed by atoms with E-state index in [1.807, 2.05) is 6.92 Å². The Morgan fingerprint density at radius 3 is 2.31 bits per heavy atom. The summed E-state index contributed by atoms with van der Waals surface area (Å²) in [7, 11) is -4.21. The molecule has 5 nitrogen and oxygen atoms in total. The fourth-order valence-electron chi connectivity index (χ4n) is 0.888. The molecule has 0 aliphatic heterocycles. The van der Waals surface area contributed by atoms with Gasteiger partial charge in [-0.25, -0.2) is 9.45 Å². The maximum Gasteiger partial charge on any atom is 0.555 e. The molecular weight excluding hydrogens is 231 g/mol. The van der Waals surface area contributed by atoms with Gasteiger partial charge in [0.2, 0.25) is 0 Å². The van der Waals surface area contributed by atoms with Gasteiger partial charge >= 0.3 is 7.82 Å². The summed E-state index contributed by atoms with van der Waals surface area (Å²) in [5, 5.41) is 0. The quantitative estimate of drug-likeness (QED) is 0.491. The predicted octanol–water partition coefficient (Wildman–Crippen LogP) is 2.83. The number of hydrogen-bond acceptors (Lipinski definition) is 4. The Balaban J connectivity index is 2.58. The van der Waals surface area contributed by atoms with Crippen molar-refractivity contribution in [2.75, 3.05) is 0 Å². The van der Waals surface area contributed by atoms with Crippen molar-refractivity contribution in [1.29, 1.82) is 0 Å². The minimum Gasteiger partial charge on any atom is -0.403 e. The number of aryl methyl sites for hydroxylation is 1. The molecule has 0 aliphatic carbocycles. The first kappa shape index (κ1) is 13.2. The van der Waals surface area contributed by atoms with Gasteiger partial charge in [0, 0.05) is 0 Å². The Morgan fingerprint density at radius 1 is 1.25 bits per heavy atom. The van der Waals surface area contributed by atoms with Gasteiger partial charge in [-0.3, -0.25) is 4.89 Å².